The Bertz CT molecular complexity index is 916. The molecule has 0 spiro atoms. The third-order valence-corrected chi connectivity index (χ3v) is 4.50. The van der Waals surface area contributed by atoms with Crippen molar-refractivity contribution in [2.75, 3.05) is 18.2 Å². The molecule has 0 aromatic heterocycles. The van der Waals surface area contributed by atoms with Gasteiger partial charge in [0.15, 0.2) is 5.75 Å². The summed E-state index contributed by atoms with van der Waals surface area (Å²) >= 11 is 11.6. The fraction of sp³-hybridized carbons (Fsp3) is 0.235. The lowest BCUT2D eigenvalue weighted by Gasteiger charge is -2.28. The van der Waals surface area contributed by atoms with Crippen LogP contribution >= 0.6 is 23.2 Å². The van der Waals surface area contributed by atoms with E-state index >= 15 is 0 Å². The van der Waals surface area contributed by atoms with Crippen molar-refractivity contribution in [3.8, 4) is 5.75 Å². The lowest BCUT2D eigenvalue weighted by atomic mass is 9.95. The smallest absolute Gasteiger partial charge is 0.432 e. The molecule has 1 unspecified atom stereocenters. The van der Waals surface area contributed by atoms with Gasteiger partial charge in [0.25, 0.3) is 18.0 Å². The zero-order valence-electron chi connectivity index (χ0n) is 14.4. The van der Waals surface area contributed by atoms with Gasteiger partial charge in [-0.3, -0.25) is 4.79 Å². The SMILES string of the molecule is COc1c(N)cccc1C(=O)Nc1c(Cl)cc(C(F)(C(F)F)C(F)(F)F)cc1Cl. The van der Waals surface area contributed by atoms with Gasteiger partial charge in [0.2, 0.25) is 0 Å². The summed E-state index contributed by atoms with van der Waals surface area (Å²) in [4.78, 5) is 12.5. The molecule has 2 rings (SSSR count). The summed E-state index contributed by atoms with van der Waals surface area (Å²) in [5, 5.41) is 0.845. The number of rotatable bonds is 5. The molecule has 0 aliphatic rings. The van der Waals surface area contributed by atoms with Gasteiger partial charge in [0.05, 0.1) is 34.1 Å². The minimum atomic E-state index is -5.94. The van der Waals surface area contributed by atoms with Crippen LogP contribution in [0.25, 0.3) is 0 Å². The standard InChI is InChI=1S/C17H12Cl2F6N2O2/c1-29-13-8(3-2-4-11(13)26)14(28)27-12-9(18)5-7(6-10(12)19)16(22,15(20)21)17(23,24)25/h2-6,15H,26H2,1H3,(H,27,28). The van der Waals surface area contributed by atoms with E-state index in [1.807, 2.05) is 0 Å². The van der Waals surface area contributed by atoms with Gasteiger partial charge < -0.3 is 15.8 Å². The Balaban J connectivity index is 2.48. The molecular weight excluding hydrogens is 449 g/mol. The summed E-state index contributed by atoms with van der Waals surface area (Å²) in [6, 6.07) is 4.85. The highest BCUT2D eigenvalue weighted by atomic mass is 35.5. The van der Waals surface area contributed by atoms with Crippen LogP contribution in [0.2, 0.25) is 10.0 Å². The number of hydrogen-bond donors (Lipinski definition) is 2. The van der Waals surface area contributed by atoms with Crippen molar-refractivity contribution in [2.24, 2.45) is 0 Å². The highest BCUT2D eigenvalue weighted by Crippen LogP contribution is 2.49. The molecule has 2 aromatic carbocycles. The maximum Gasteiger partial charge on any atom is 0.432 e. The van der Waals surface area contributed by atoms with Crippen molar-refractivity contribution >= 4 is 40.5 Å². The van der Waals surface area contributed by atoms with Gasteiger partial charge in [-0.25, -0.2) is 13.2 Å². The van der Waals surface area contributed by atoms with Crippen molar-refractivity contribution in [1.29, 1.82) is 0 Å². The number of nitrogens with two attached hydrogens (primary N) is 1. The van der Waals surface area contributed by atoms with E-state index in [4.69, 9.17) is 33.7 Å². The van der Waals surface area contributed by atoms with Gasteiger partial charge in [-0.2, -0.15) is 13.2 Å². The summed E-state index contributed by atoms with van der Waals surface area (Å²) in [7, 11) is 1.25. The number of methoxy groups -OCH3 is 1. The van der Waals surface area contributed by atoms with Crippen molar-refractivity contribution in [3.63, 3.8) is 0 Å². The quantitative estimate of drug-likeness (QED) is 0.435. The zero-order valence-corrected chi connectivity index (χ0v) is 15.9. The van der Waals surface area contributed by atoms with Crippen molar-refractivity contribution in [3.05, 3.63) is 51.5 Å². The normalized spacial score (nSPS) is 13.9. The highest BCUT2D eigenvalue weighted by molar-refractivity contribution is 6.40. The number of benzene rings is 2. The Kier molecular flexibility index (Phi) is 6.48. The van der Waals surface area contributed by atoms with Crippen molar-refractivity contribution in [1.82, 2.24) is 0 Å². The van der Waals surface area contributed by atoms with Crippen LogP contribution in [0.4, 0.5) is 37.7 Å². The number of ether oxygens (including phenoxy) is 1. The third kappa shape index (κ3) is 4.18. The predicted octanol–water partition coefficient (Wildman–Crippen LogP) is 5.83. The summed E-state index contributed by atoms with van der Waals surface area (Å²) in [5.74, 6) is -0.853. The zero-order chi connectivity index (χ0) is 22.1. The number of alkyl halides is 6. The van der Waals surface area contributed by atoms with Gasteiger partial charge in [-0.1, -0.05) is 29.3 Å². The molecule has 0 aliphatic heterocycles. The van der Waals surface area contributed by atoms with Crippen LogP contribution in [0.5, 0.6) is 5.75 Å². The van der Waals surface area contributed by atoms with E-state index in [0.29, 0.717) is 12.1 Å². The Morgan fingerprint density at radius 3 is 2.14 bits per heavy atom. The lowest BCUT2D eigenvalue weighted by molar-refractivity contribution is -0.274. The monoisotopic (exact) mass is 460 g/mol. The number of carbonyl (C=O) groups is 1. The van der Waals surface area contributed by atoms with Gasteiger partial charge in [0, 0.05) is 5.56 Å². The first-order valence-electron chi connectivity index (χ1n) is 7.61. The molecule has 1 atom stereocenters. The van der Waals surface area contributed by atoms with E-state index in [2.05, 4.69) is 5.32 Å². The van der Waals surface area contributed by atoms with Crippen LogP contribution in [0.1, 0.15) is 15.9 Å². The number of para-hydroxylation sites is 1. The van der Waals surface area contributed by atoms with Gasteiger partial charge in [-0.15, -0.1) is 0 Å². The average molecular weight is 461 g/mol. The molecule has 29 heavy (non-hydrogen) atoms. The van der Waals surface area contributed by atoms with Gasteiger partial charge in [-0.05, 0) is 24.3 Å². The highest BCUT2D eigenvalue weighted by Gasteiger charge is 2.64. The van der Waals surface area contributed by atoms with Crippen LogP contribution in [0, 0.1) is 0 Å². The minimum absolute atomic E-state index is 0.00594. The molecule has 1 amide bonds. The fourth-order valence-corrected chi connectivity index (χ4v) is 3.04. The molecule has 2 aromatic rings. The molecule has 0 radical (unpaired) electrons. The predicted molar refractivity (Wildman–Crippen MR) is 96.7 cm³/mol. The number of halogens is 8. The minimum Gasteiger partial charge on any atom is -0.494 e. The summed E-state index contributed by atoms with van der Waals surface area (Å²) < 4.78 is 83.8. The van der Waals surface area contributed by atoms with Crippen LogP contribution in [-0.4, -0.2) is 25.6 Å². The van der Waals surface area contributed by atoms with Crippen LogP contribution in [-0.2, 0) is 5.67 Å². The van der Waals surface area contributed by atoms with E-state index in [0.717, 1.165) is 0 Å². The molecule has 0 fully saturated rings. The van der Waals surface area contributed by atoms with Crippen molar-refractivity contribution in [2.45, 2.75) is 18.3 Å². The second kappa shape index (κ2) is 8.19. The number of hydrogen-bond acceptors (Lipinski definition) is 3. The maximum absolute atomic E-state index is 14.2. The molecule has 0 saturated heterocycles. The van der Waals surface area contributed by atoms with E-state index in [1.165, 1.54) is 25.3 Å². The first-order valence-corrected chi connectivity index (χ1v) is 8.37. The molecule has 0 aliphatic carbocycles. The Labute approximate surface area is 170 Å². The topological polar surface area (TPSA) is 64.3 Å². The van der Waals surface area contributed by atoms with E-state index in [1.54, 1.807) is 0 Å². The second-order valence-corrected chi connectivity index (χ2v) is 6.52. The molecule has 3 N–H and O–H groups in total. The van der Waals surface area contributed by atoms with E-state index in [9.17, 15) is 31.1 Å². The molecule has 0 bridgehead atoms. The molecular formula is C17H12Cl2F6N2O2. The lowest BCUT2D eigenvalue weighted by Crippen LogP contribution is -2.44. The number of carbonyl (C=O) groups excluding carboxylic acids is 1. The Hall–Kier alpha value is -2.33. The number of anilines is 2. The third-order valence-electron chi connectivity index (χ3n) is 3.91. The number of amides is 1. The average Bonchev–Trinajstić information content (AvgIpc) is 2.62. The number of nitrogens with one attached hydrogen (secondary N) is 1. The van der Waals surface area contributed by atoms with Gasteiger partial charge >= 0.3 is 6.18 Å². The first kappa shape index (κ1) is 23.0. The molecule has 158 valence electrons. The summed E-state index contributed by atoms with van der Waals surface area (Å²) in [6.07, 6.45) is -10.4. The Morgan fingerprint density at radius 2 is 1.69 bits per heavy atom. The molecule has 0 heterocycles. The molecule has 12 heteroatoms. The summed E-state index contributed by atoms with van der Waals surface area (Å²) in [5.41, 5.74) is -1.17. The van der Waals surface area contributed by atoms with E-state index in [-0.39, 0.29) is 17.0 Å². The first-order chi connectivity index (χ1) is 13.3. The maximum atomic E-state index is 14.2. The van der Waals surface area contributed by atoms with Crippen LogP contribution in [0.15, 0.2) is 30.3 Å². The Morgan fingerprint density at radius 1 is 1.14 bits per heavy atom. The van der Waals surface area contributed by atoms with Gasteiger partial charge in [0.1, 0.15) is 0 Å². The van der Waals surface area contributed by atoms with Crippen molar-refractivity contribution < 1.29 is 35.9 Å². The van der Waals surface area contributed by atoms with E-state index < -0.39 is 45.5 Å². The number of nitrogen functional groups attached to an aromatic ring is 1. The second-order valence-electron chi connectivity index (χ2n) is 5.71. The largest absolute Gasteiger partial charge is 0.494 e. The molecule has 4 nitrogen and oxygen atoms in total. The van der Waals surface area contributed by atoms with Crippen LogP contribution < -0.4 is 15.8 Å². The van der Waals surface area contributed by atoms with Crippen LogP contribution in [0.3, 0.4) is 0 Å². The summed E-state index contributed by atoms with van der Waals surface area (Å²) in [6.45, 7) is 0. The molecule has 0 saturated carbocycles. The fourth-order valence-electron chi connectivity index (χ4n) is 2.46.